The van der Waals surface area contributed by atoms with Crippen LogP contribution in [-0.2, 0) is 26.2 Å². The van der Waals surface area contributed by atoms with Crippen molar-refractivity contribution in [2.45, 2.75) is 11.5 Å². The van der Waals surface area contributed by atoms with E-state index in [0.717, 1.165) is 10.2 Å². The maximum absolute atomic E-state index is 12.0. The monoisotopic (exact) mass is 362 g/mol. The molecule has 24 heavy (non-hydrogen) atoms. The van der Waals surface area contributed by atoms with Crippen LogP contribution in [0.25, 0.3) is 10.2 Å². The molecule has 0 unspecified atom stereocenters. The minimum atomic E-state index is -3.72. The molecule has 2 aromatic carbocycles. The molecule has 0 bridgehead atoms. The molecule has 0 amide bonds. The number of sulfonamides is 1. The molecule has 0 radical (unpaired) electrons. The van der Waals surface area contributed by atoms with Crippen molar-refractivity contribution >= 4 is 37.5 Å². The number of fused-ring (bicyclic) bond motifs is 1. The summed E-state index contributed by atoms with van der Waals surface area (Å²) in [4.78, 5) is 16.2. The van der Waals surface area contributed by atoms with Gasteiger partial charge in [-0.25, -0.2) is 13.4 Å². The highest BCUT2D eigenvalue weighted by atomic mass is 32.2. The van der Waals surface area contributed by atoms with Gasteiger partial charge in [-0.15, -0.1) is 11.3 Å². The second-order valence-electron chi connectivity index (χ2n) is 4.87. The number of esters is 1. The van der Waals surface area contributed by atoms with Crippen LogP contribution < -0.4 is 4.72 Å². The lowest BCUT2D eigenvalue weighted by Crippen LogP contribution is -2.30. The minimum absolute atomic E-state index is 0.0191. The maximum atomic E-state index is 12.0. The summed E-state index contributed by atoms with van der Waals surface area (Å²) in [5.74, 6) is -0.659. The van der Waals surface area contributed by atoms with Crippen molar-refractivity contribution in [2.24, 2.45) is 0 Å². The molecule has 0 aliphatic heterocycles. The van der Waals surface area contributed by atoms with Gasteiger partial charge in [-0.05, 0) is 24.3 Å². The van der Waals surface area contributed by atoms with E-state index in [-0.39, 0.29) is 11.5 Å². The fourth-order valence-corrected chi connectivity index (χ4v) is 3.88. The first-order valence-electron chi connectivity index (χ1n) is 7.09. The van der Waals surface area contributed by atoms with Gasteiger partial charge < -0.3 is 4.74 Å². The van der Waals surface area contributed by atoms with E-state index in [1.807, 2.05) is 24.3 Å². The summed E-state index contributed by atoms with van der Waals surface area (Å²) in [5.41, 5.74) is 0.846. The highest BCUT2D eigenvalue weighted by Crippen LogP contribution is 2.21. The van der Waals surface area contributed by atoms with Crippen LogP contribution in [0, 0.1) is 0 Å². The smallest absolute Gasteiger partial charge is 0.321 e. The van der Waals surface area contributed by atoms with Crippen LogP contribution in [0.1, 0.15) is 5.01 Å². The van der Waals surface area contributed by atoms with Crippen molar-refractivity contribution in [1.82, 2.24) is 9.71 Å². The zero-order chi connectivity index (χ0) is 17.0. The van der Waals surface area contributed by atoms with Gasteiger partial charge in [-0.1, -0.05) is 30.3 Å². The molecule has 0 saturated heterocycles. The highest BCUT2D eigenvalue weighted by Gasteiger charge is 2.16. The fourth-order valence-electron chi connectivity index (χ4n) is 2.01. The molecule has 0 spiro atoms. The number of hydrogen-bond donors (Lipinski definition) is 1. The van der Waals surface area contributed by atoms with Gasteiger partial charge in [-0.2, -0.15) is 4.72 Å². The predicted octanol–water partition coefficient (Wildman–Crippen LogP) is 2.32. The second-order valence-corrected chi connectivity index (χ2v) is 7.76. The summed E-state index contributed by atoms with van der Waals surface area (Å²) >= 11 is 1.43. The van der Waals surface area contributed by atoms with Crippen molar-refractivity contribution in [1.29, 1.82) is 0 Å². The molecule has 0 aliphatic rings. The number of benzene rings is 2. The van der Waals surface area contributed by atoms with Crippen molar-refractivity contribution < 1.29 is 17.9 Å². The molecule has 3 rings (SSSR count). The van der Waals surface area contributed by atoms with Crippen molar-refractivity contribution in [2.75, 3.05) is 6.54 Å². The van der Waals surface area contributed by atoms with E-state index in [1.165, 1.54) is 23.5 Å². The zero-order valence-corrected chi connectivity index (χ0v) is 14.1. The van der Waals surface area contributed by atoms with E-state index in [0.29, 0.717) is 5.01 Å². The molecule has 3 aromatic rings. The van der Waals surface area contributed by atoms with E-state index in [2.05, 4.69) is 9.71 Å². The van der Waals surface area contributed by atoms with Gasteiger partial charge in [0.1, 0.15) is 18.2 Å². The van der Waals surface area contributed by atoms with Crippen molar-refractivity contribution in [3.8, 4) is 0 Å². The average Bonchev–Trinajstić information content (AvgIpc) is 3.02. The first kappa shape index (κ1) is 16.6. The Morgan fingerprint density at radius 2 is 1.79 bits per heavy atom. The van der Waals surface area contributed by atoms with Crippen LogP contribution in [0.3, 0.4) is 0 Å². The van der Waals surface area contributed by atoms with Crippen LogP contribution in [0.4, 0.5) is 0 Å². The number of carbonyl (C=O) groups excluding carboxylic acids is 1. The minimum Gasteiger partial charge on any atom is -0.457 e. The van der Waals surface area contributed by atoms with Gasteiger partial charge in [0.05, 0.1) is 15.1 Å². The lowest BCUT2D eigenvalue weighted by molar-refractivity contribution is -0.143. The van der Waals surface area contributed by atoms with Gasteiger partial charge >= 0.3 is 5.97 Å². The summed E-state index contributed by atoms with van der Waals surface area (Å²) in [5, 5.41) is 0.662. The Labute approximate surface area is 143 Å². The van der Waals surface area contributed by atoms with Crippen LogP contribution in [-0.4, -0.2) is 25.9 Å². The average molecular weight is 362 g/mol. The molecule has 1 N–H and O–H groups in total. The third-order valence-corrected chi connectivity index (χ3v) is 5.58. The van der Waals surface area contributed by atoms with E-state index in [9.17, 15) is 13.2 Å². The van der Waals surface area contributed by atoms with E-state index >= 15 is 0 Å². The van der Waals surface area contributed by atoms with Crippen LogP contribution in [0.2, 0.25) is 0 Å². The Morgan fingerprint density at radius 1 is 1.08 bits per heavy atom. The number of aromatic nitrogens is 1. The Kier molecular flexibility index (Phi) is 4.89. The Bertz CT molecular complexity index is 919. The largest absolute Gasteiger partial charge is 0.457 e. The van der Waals surface area contributed by atoms with Gasteiger partial charge in [-0.3, -0.25) is 4.79 Å². The zero-order valence-electron chi connectivity index (χ0n) is 12.5. The number of hydrogen-bond acceptors (Lipinski definition) is 6. The summed E-state index contributed by atoms with van der Waals surface area (Å²) in [6, 6.07) is 15.5. The van der Waals surface area contributed by atoms with Crippen LogP contribution in [0.5, 0.6) is 0 Å². The molecule has 0 aliphatic carbocycles. The molecule has 124 valence electrons. The number of carbonyl (C=O) groups is 1. The normalized spacial score (nSPS) is 11.5. The maximum Gasteiger partial charge on any atom is 0.321 e. The summed E-state index contributed by atoms with van der Waals surface area (Å²) in [6.45, 7) is -0.409. The third-order valence-electron chi connectivity index (χ3n) is 3.15. The molecular formula is C16H14N2O4S2. The number of nitrogens with one attached hydrogen (secondary N) is 1. The lowest BCUT2D eigenvalue weighted by Gasteiger charge is -2.06. The van der Waals surface area contributed by atoms with E-state index < -0.39 is 22.5 Å². The first-order valence-corrected chi connectivity index (χ1v) is 9.39. The molecule has 1 aromatic heterocycles. The number of para-hydroxylation sites is 1. The number of thiazole rings is 1. The Hall–Kier alpha value is -2.29. The van der Waals surface area contributed by atoms with Gasteiger partial charge in [0.15, 0.2) is 0 Å². The number of rotatable bonds is 6. The van der Waals surface area contributed by atoms with Gasteiger partial charge in [0.25, 0.3) is 0 Å². The summed E-state index contributed by atoms with van der Waals surface area (Å²) in [6.07, 6.45) is 0. The standard InChI is InChI=1S/C16H14N2O4S2/c19-16(10-17-24(20,21)12-6-2-1-3-7-12)22-11-15-18-13-8-4-5-9-14(13)23-15/h1-9,17H,10-11H2. The van der Waals surface area contributed by atoms with Gasteiger partial charge in [0, 0.05) is 0 Å². The first-order chi connectivity index (χ1) is 11.5. The summed E-state index contributed by atoms with van der Waals surface area (Å²) < 4.78 is 32.3. The van der Waals surface area contributed by atoms with Crippen molar-refractivity contribution in [3.63, 3.8) is 0 Å². The highest BCUT2D eigenvalue weighted by molar-refractivity contribution is 7.89. The molecule has 1 heterocycles. The number of nitrogens with zero attached hydrogens (tertiary/aromatic N) is 1. The SMILES string of the molecule is O=C(CNS(=O)(=O)c1ccccc1)OCc1nc2ccccc2s1. The third kappa shape index (κ3) is 3.97. The van der Waals surface area contributed by atoms with Gasteiger partial charge in [0.2, 0.25) is 10.0 Å². The van der Waals surface area contributed by atoms with Crippen LogP contribution in [0.15, 0.2) is 59.5 Å². The molecule has 0 saturated carbocycles. The van der Waals surface area contributed by atoms with Crippen molar-refractivity contribution in [3.05, 3.63) is 59.6 Å². The Morgan fingerprint density at radius 3 is 2.54 bits per heavy atom. The Balaban J connectivity index is 1.54. The summed E-state index contributed by atoms with van der Waals surface area (Å²) in [7, 11) is -3.72. The van der Waals surface area contributed by atoms with E-state index in [1.54, 1.807) is 18.2 Å². The quantitative estimate of drug-likeness (QED) is 0.680. The molecule has 0 fully saturated rings. The van der Waals surface area contributed by atoms with E-state index in [4.69, 9.17) is 4.74 Å². The number of ether oxygens (including phenoxy) is 1. The molecule has 6 nitrogen and oxygen atoms in total. The topological polar surface area (TPSA) is 85.4 Å². The molecule has 8 heteroatoms. The van der Waals surface area contributed by atoms with Crippen LogP contribution >= 0.6 is 11.3 Å². The fraction of sp³-hybridized carbons (Fsp3) is 0.125. The predicted molar refractivity (Wildman–Crippen MR) is 91.0 cm³/mol. The second kappa shape index (κ2) is 7.08. The molecule has 0 atom stereocenters. The molecular weight excluding hydrogens is 348 g/mol. The lowest BCUT2D eigenvalue weighted by atomic mass is 10.3.